The Bertz CT molecular complexity index is 1050. The molecule has 3 rings (SSSR count). The van der Waals surface area contributed by atoms with Gasteiger partial charge in [-0.15, -0.1) is 0 Å². The predicted molar refractivity (Wildman–Crippen MR) is 115 cm³/mol. The maximum Gasteiger partial charge on any atom is 0.264 e. The third kappa shape index (κ3) is 5.02. The summed E-state index contributed by atoms with van der Waals surface area (Å²) < 4.78 is 38.9. The van der Waals surface area contributed by atoms with Crippen molar-refractivity contribution in [1.29, 1.82) is 0 Å². The second-order valence-electron chi connectivity index (χ2n) is 6.24. The number of benzene rings is 3. The number of ether oxygens (including phenoxy) is 2. The smallest absolute Gasteiger partial charge is 0.264 e. The number of halogens is 1. The zero-order chi connectivity index (χ0) is 20.9. The number of nitrogens with zero attached hydrogens (tertiary/aromatic N) is 1. The van der Waals surface area contributed by atoms with E-state index in [1.807, 2.05) is 13.0 Å². The molecule has 0 radical (unpaired) electrons. The van der Waals surface area contributed by atoms with E-state index in [1.165, 1.54) is 23.5 Å². The van der Waals surface area contributed by atoms with Crippen molar-refractivity contribution in [3.8, 4) is 11.5 Å². The average Bonchev–Trinajstić information content (AvgIpc) is 2.73. The van der Waals surface area contributed by atoms with E-state index < -0.39 is 10.0 Å². The standard InChI is InChI=1S/C22H22ClNO4S/c1-3-28-21-9-7-19(8-10-21)24(16-17-5-4-6-18(23)15-17)29(25,26)22-13-11-20(27-2)12-14-22/h4-15H,3,16H2,1-2H3. The van der Waals surface area contributed by atoms with Crippen molar-refractivity contribution in [2.45, 2.75) is 18.4 Å². The molecule has 0 unspecified atom stereocenters. The lowest BCUT2D eigenvalue weighted by Crippen LogP contribution is -2.30. The van der Waals surface area contributed by atoms with Crippen molar-refractivity contribution >= 4 is 27.3 Å². The summed E-state index contributed by atoms with van der Waals surface area (Å²) in [6.07, 6.45) is 0. The summed E-state index contributed by atoms with van der Waals surface area (Å²) in [4.78, 5) is 0.175. The maximum absolute atomic E-state index is 13.5. The van der Waals surface area contributed by atoms with Crippen LogP contribution in [0.25, 0.3) is 0 Å². The van der Waals surface area contributed by atoms with Gasteiger partial charge in [0.2, 0.25) is 0 Å². The molecule has 0 aliphatic rings. The van der Waals surface area contributed by atoms with Crippen LogP contribution in [-0.2, 0) is 16.6 Å². The van der Waals surface area contributed by atoms with Crippen molar-refractivity contribution in [1.82, 2.24) is 0 Å². The lowest BCUT2D eigenvalue weighted by atomic mass is 10.2. The molecule has 3 aromatic rings. The highest BCUT2D eigenvalue weighted by atomic mass is 35.5. The minimum atomic E-state index is -3.82. The van der Waals surface area contributed by atoms with Gasteiger partial charge in [-0.25, -0.2) is 8.42 Å². The highest BCUT2D eigenvalue weighted by Gasteiger charge is 2.25. The van der Waals surface area contributed by atoms with Crippen molar-refractivity contribution in [2.24, 2.45) is 0 Å². The first-order valence-electron chi connectivity index (χ1n) is 9.08. The minimum Gasteiger partial charge on any atom is -0.497 e. The average molecular weight is 432 g/mol. The van der Waals surface area contributed by atoms with Crippen LogP contribution >= 0.6 is 11.6 Å². The molecule has 0 heterocycles. The van der Waals surface area contributed by atoms with E-state index in [1.54, 1.807) is 54.6 Å². The number of hydrogen-bond acceptors (Lipinski definition) is 4. The first kappa shape index (κ1) is 21.0. The van der Waals surface area contributed by atoms with Gasteiger partial charge in [0.05, 0.1) is 30.8 Å². The van der Waals surface area contributed by atoms with E-state index in [4.69, 9.17) is 21.1 Å². The Hall–Kier alpha value is -2.70. The van der Waals surface area contributed by atoms with E-state index >= 15 is 0 Å². The van der Waals surface area contributed by atoms with Gasteiger partial charge in [-0.05, 0) is 73.2 Å². The third-order valence-electron chi connectivity index (χ3n) is 4.30. The van der Waals surface area contributed by atoms with Gasteiger partial charge in [0.25, 0.3) is 10.0 Å². The molecular formula is C22H22ClNO4S. The molecule has 152 valence electrons. The molecule has 0 aliphatic heterocycles. The minimum absolute atomic E-state index is 0.142. The van der Waals surface area contributed by atoms with Crippen LogP contribution in [0, 0.1) is 0 Å². The molecule has 5 nitrogen and oxygen atoms in total. The van der Waals surface area contributed by atoms with Gasteiger partial charge in [-0.2, -0.15) is 0 Å². The predicted octanol–water partition coefficient (Wildman–Crippen LogP) is 5.14. The Morgan fingerprint density at radius 3 is 2.17 bits per heavy atom. The first-order valence-corrected chi connectivity index (χ1v) is 10.9. The van der Waals surface area contributed by atoms with Gasteiger partial charge < -0.3 is 9.47 Å². The van der Waals surface area contributed by atoms with Gasteiger partial charge in [0.15, 0.2) is 0 Å². The fourth-order valence-corrected chi connectivity index (χ4v) is 4.53. The van der Waals surface area contributed by atoms with Crippen molar-refractivity contribution in [3.63, 3.8) is 0 Å². The Labute approximate surface area is 176 Å². The van der Waals surface area contributed by atoms with Crippen LogP contribution < -0.4 is 13.8 Å². The Morgan fingerprint density at radius 2 is 1.59 bits per heavy atom. The van der Waals surface area contributed by atoms with E-state index in [-0.39, 0.29) is 11.4 Å². The molecule has 0 atom stereocenters. The van der Waals surface area contributed by atoms with E-state index in [2.05, 4.69) is 0 Å². The maximum atomic E-state index is 13.5. The van der Waals surface area contributed by atoms with Gasteiger partial charge in [0.1, 0.15) is 11.5 Å². The summed E-state index contributed by atoms with van der Waals surface area (Å²) >= 11 is 6.10. The SMILES string of the molecule is CCOc1ccc(N(Cc2cccc(Cl)c2)S(=O)(=O)c2ccc(OC)cc2)cc1. The molecule has 0 aromatic heterocycles. The van der Waals surface area contributed by atoms with Crippen molar-refractivity contribution in [2.75, 3.05) is 18.0 Å². The van der Waals surface area contributed by atoms with Crippen LogP contribution in [0.15, 0.2) is 77.7 Å². The van der Waals surface area contributed by atoms with Gasteiger partial charge in [-0.3, -0.25) is 4.31 Å². The second kappa shape index (κ2) is 9.20. The molecule has 0 fully saturated rings. The lowest BCUT2D eigenvalue weighted by molar-refractivity contribution is 0.340. The summed E-state index contributed by atoms with van der Waals surface area (Å²) in [6, 6.07) is 20.5. The normalized spacial score (nSPS) is 11.1. The van der Waals surface area contributed by atoms with E-state index in [0.29, 0.717) is 28.8 Å². The zero-order valence-corrected chi connectivity index (χ0v) is 17.8. The summed E-state index contributed by atoms with van der Waals surface area (Å²) in [7, 11) is -2.28. The van der Waals surface area contributed by atoms with Gasteiger partial charge in [-0.1, -0.05) is 23.7 Å². The zero-order valence-electron chi connectivity index (χ0n) is 16.2. The highest BCUT2D eigenvalue weighted by molar-refractivity contribution is 7.92. The number of anilines is 1. The van der Waals surface area contributed by atoms with Crippen LogP contribution in [0.1, 0.15) is 12.5 Å². The second-order valence-corrected chi connectivity index (χ2v) is 8.54. The topological polar surface area (TPSA) is 55.8 Å². The Kier molecular flexibility index (Phi) is 6.67. The van der Waals surface area contributed by atoms with Crippen LogP contribution in [0.5, 0.6) is 11.5 Å². The molecule has 0 bridgehead atoms. The van der Waals surface area contributed by atoms with Crippen LogP contribution in [0.2, 0.25) is 5.02 Å². The largest absolute Gasteiger partial charge is 0.497 e. The molecule has 0 N–H and O–H groups in total. The molecule has 29 heavy (non-hydrogen) atoms. The molecular weight excluding hydrogens is 410 g/mol. The number of hydrogen-bond donors (Lipinski definition) is 0. The van der Waals surface area contributed by atoms with Gasteiger partial charge in [0, 0.05) is 5.02 Å². The quantitative estimate of drug-likeness (QED) is 0.495. The molecule has 0 aliphatic carbocycles. The summed E-state index contributed by atoms with van der Waals surface area (Å²) in [5.41, 5.74) is 1.31. The van der Waals surface area contributed by atoms with Crippen LogP contribution in [0.3, 0.4) is 0 Å². The summed E-state index contributed by atoms with van der Waals surface area (Å²) in [5, 5.41) is 0.552. The summed E-state index contributed by atoms with van der Waals surface area (Å²) in [5.74, 6) is 1.27. The number of sulfonamides is 1. The molecule has 0 saturated carbocycles. The molecule has 0 spiro atoms. The third-order valence-corrected chi connectivity index (χ3v) is 6.32. The Balaban J connectivity index is 2.02. The molecule has 0 amide bonds. The highest BCUT2D eigenvalue weighted by Crippen LogP contribution is 2.29. The number of rotatable bonds is 8. The van der Waals surface area contributed by atoms with E-state index in [9.17, 15) is 8.42 Å². The molecule has 3 aromatic carbocycles. The van der Waals surface area contributed by atoms with Crippen molar-refractivity contribution in [3.05, 3.63) is 83.4 Å². The fourth-order valence-electron chi connectivity index (χ4n) is 2.87. The van der Waals surface area contributed by atoms with Crippen molar-refractivity contribution < 1.29 is 17.9 Å². The molecule has 7 heteroatoms. The van der Waals surface area contributed by atoms with E-state index in [0.717, 1.165) is 5.56 Å². The fraction of sp³-hybridized carbons (Fsp3) is 0.182. The lowest BCUT2D eigenvalue weighted by Gasteiger charge is -2.25. The Morgan fingerprint density at radius 1 is 0.931 bits per heavy atom. The molecule has 0 saturated heterocycles. The monoisotopic (exact) mass is 431 g/mol. The van der Waals surface area contributed by atoms with Crippen LogP contribution in [0.4, 0.5) is 5.69 Å². The van der Waals surface area contributed by atoms with Crippen LogP contribution in [-0.4, -0.2) is 22.1 Å². The van der Waals surface area contributed by atoms with Gasteiger partial charge >= 0.3 is 0 Å². The summed E-state index contributed by atoms with van der Waals surface area (Å²) in [6.45, 7) is 2.58. The first-order chi connectivity index (χ1) is 13.9. The number of methoxy groups -OCH3 is 1.